The Kier molecular flexibility index (Phi) is 5.01. The van der Waals surface area contributed by atoms with Crippen LogP contribution in [0.4, 0.5) is 0 Å². The van der Waals surface area contributed by atoms with Gasteiger partial charge in [0, 0.05) is 24.7 Å². The van der Waals surface area contributed by atoms with Crippen LogP contribution in [0.1, 0.15) is 37.0 Å². The smallest absolute Gasteiger partial charge is 0.253 e. The highest BCUT2D eigenvalue weighted by atomic mass is 16.5. The molecule has 1 amide bonds. The van der Waals surface area contributed by atoms with Crippen molar-refractivity contribution in [2.45, 2.75) is 32.7 Å². The molecule has 4 nitrogen and oxygen atoms in total. The molecule has 0 aliphatic carbocycles. The summed E-state index contributed by atoms with van der Waals surface area (Å²) in [5, 5.41) is 0. The summed E-state index contributed by atoms with van der Waals surface area (Å²) in [6, 6.07) is 7.55. The molecule has 0 bridgehead atoms. The Morgan fingerprint density at radius 2 is 2.35 bits per heavy atom. The lowest BCUT2D eigenvalue weighted by Gasteiger charge is -2.34. The van der Waals surface area contributed by atoms with Gasteiger partial charge in [0.2, 0.25) is 0 Å². The minimum Gasteiger partial charge on any atom is -0.494 e. The normalized spacial score (nSPS) is 20.6. The van der Waals surface area contributed by atoms with Gasteiger partial charge in [-0.25, -0.2) is 0 Å². The van der Waals surface area contributed by atoms with Crippen LogP contribution >= 0.6 is 0 Å². The van der Waals surface area contributed by atoms with E-state index in [9.17, 15) is 4.79 Å². The predicted molar refractivity (Wildman–Crippen MR) is 79.9 cm³/mol. The number of nitrogens with zero attached hydrogens (tertiary/aromatic N) is 1. The molecule has 1 aromatic rings. The third-order valence-electron chi connectivity index (χ3n) is 3.88. The summed E-state index contributed by atoms with van der Waals surface area (Å²) < 4.78 is 5.45. The van der Waals surface area contributed by atoms with Crippen LogP contribution in [-0.2, 0) is 0 Å². The molecule has 0 spiro atoms. The highest BCUT2D eigenvalue weighted by Crippen LogP contribution is 2.22. The number of rotatable bonds is 4. The summed E-state index contributed by atoms with van der Waals surface area (Å²) in [5.74, 6) is 1.23. The molecule has 0 radical (unpaired) electrons. The van der Waals surface area contributed by atoms with Gasteiger partial charge < -0.3 is 15.4 Å². The molecule has 4 heteroatoms. The average Bonchev–Trinajstić information content (AvgIpc) is 2.47. The van der Waals surface area contributed by atoms with Crippen LogP contribution in [0.3, 0.4) is 0 Å². The molecule has 2 unspecified atom stereocenters. The van der Waals surface area contributed by atoms with Crippen LogP contribution in [-0.4, -0.2) is 36.5 Å². The van der Waals surface area contributed by atoms with Gasteiger partial charge in [0.25, 0.3) is 5.91 Å². The minimum atomic E-state index is 0.0805. The Hall–Kier alpha value is -1.55. The highest BCUT2D eigenvalue weighted by molar-refractivity contribution is 5.94. The monoisotopic (exact) mass is 276 g/mol. The van der Waals surface area contributed by atoms with Crippen molar-refractivity contribution < 1.29 is 9.53 Å². The van der Waals surface area contributed by atoms with Crippen LogP contribution < -0.4 is 10.5 Å². The number of piperidine rings is 1. The van der Waals surface area contributed by atoms with E-state index >= 15 is 0 Å². The van der Waals surface area contributed by atoms with Crippen LogP contribution in [0.2, 0.25) is 0 Å². The van der Waals surface area contributed by atoms with E-state index in [0.29, 0.717) is 18.1 Å². The first kappa shape index (κ1) is 14.9. The lowest BCUT2D eigenvalue weighted by molar-refractivity contribution is 0.0660. The van der Waals surface area contributed by atoms with Gasteiger partial charge in [-0.3, -0.25) is 4.79 Å². The molecule has 1 aromatic carbocycles. The largest absolute Gasteiger partial charge is 0.494 e. The second-order valence-corrected chi connectivity index (χ2v) is 5.47. The molecule has 1 fully saturated rings. The molecule has 2 atom stereocenters. The van der Waals surface area contributed by atoms with Crippen molar-refractivity contribution in [3.63, 3.8) is 0 Å². The summed E-state index contributed by atoms with van der Waals surface area (Å²) in [5.41, 5.74) is 6.67. The number of hydrogen-bond donors (Lipinski definition) is 1. The second kappa shape index (κ2) is 6.75. The van der Waals surface area contributed by atoms with E-state index in [1.54, 1.807) is 0 Å². The molecule has 2 N–H and O–H groups in total. The maximum Gasteiger partial charge on any atom is 0.253 e. The zero-order valence-corrected chi connectivity index (χ0v) is 12.3. The molecule has 0 saturated carbocycles. The summed E-state index contributed by atoms with van der Waals surface area (Å²) in [4.78, 5) is 14.5. The summed E-state index contributed by atoms with van der Waals surface area (Å²) in [6.07, 6.45) is 2.14. The number of nitrogens with two attached hydrogens (primary N) is 1. The van der Waals surface area contributed by atoms with Gasteiger partial charge in [-0.15, -0.1) is 0 Å². The second-order valence-electron chi connectivity index (χ2n) is 5.47. The number of carbonyl (C=O) groups is 1. The summed E-state index contributed by atoms with van der Waals surface area (Å²) in [6.45, 7) is 6.14. The van der Waals surface area contributed by atoms with Gasteiger partial charge >= 0.3 is 0 Å². The minimum absolute atomic E-state index is 0.0805. The standard InChI is InChI=1S/C16H24N2O2/c1-3-20-15-8-4-6-13(10-15)16(19)18-9-5-7-14(11-18)12(2)17/h4,6,8,10,12,14H,3,5,7,9,11,17H2,1-2H3. The van der Waals surface area contributed by atoms with Crippen LogP contribution in [0, 0.1) is 5.92 Å². The first-order chi connectivity index (χ1) is 9.61. The zero-order chi connectivity index (χ0) is 14.5. The Morgan fingerprint density at radius 1 is 1.55 bits per heavy atom. The van der Waals surface area contributed by atoms with E-state index in [1.807, 2.05) is 43.0 Å². The molecule has 0 aromatic heterocycles. The Morgan fingerprint density at radius 3 is 3.05 bits per heavy atom. The lowest BCUT2D eigenvalue weighted by atomic mass is 9.92. The van der Waals surface area contributed by atoms with Gasteiger partial charge in [-0.05, 0) is 50.8 Å². The van der Waals surface area contributed by atoms with Crippen molar-refractivity contribution in [1.82, 2.24) is 4.90 Å². The van der Waals surface area contributed by atoms with Crippen molar-refractivity contribution in [1.29, 1.82) is 0 Å². The molecule has 2 rings (SSSR count). The van der Waals surface area contributed by atoms with Crippen LogP contribution in [0.15, 0.2) is 24.3 Å². The molecule has 1 heterocycles. The summed E-state index contributed by atoms with van der Waals surface area (Å²) >= 11 is 0. The quantitative estimate of drug-likeness (QED) is 0.918. The maximum atomic E-state index is 12.6. The molecular formula is C16H24N2O2. The number of ether oxygens (including phenoxy) is 1. The van der Waals surface area contributed by atoms with E-state index in [2.05, 4.69) is 0 Å². The molecule has 110 valence electrons. The van der Waals surface area contributed by atoms with E-state index in [0.717, 1.165) is 31.7 Å². The van der Waals surface area contributed by atoms with Crippen molar-refractivity contribution in [3.8, 4) is 5.75 Å². The third kappa shape index (κ3) is 3.51. The molecule has 20 heavy (non-hydrogen) atoms. The van der Waals surface area contributed by atoms with Crippen molar-refractivity contribution in [3.05, 3.63) is 29.8 Å². The maximum absolute atomic E-state index is 12.6. The van der Waals surface area contributed by atoms with Gasteiger partial charge in [0.1, 0.15) is 5.75 Å². The predicted octanol–water partition coefficient (Wildman–Crippen LogP) is 2.28. The molecule has 1 aliphatic heterocycles. The van der Waals surface area contributed by atoms with Crippen LogP contribution in [0.5, 0.6) is 5.75 Å². The molecule has 1 saturated heterocycles. The number of amides is 1. The van der Waals surface area contributed by atoms with Crippen molar-refractivity contribution >= 4 is 5.91 Å². The van der Waals surface area contributed by atoms with Gasteiger partial charge in [-0.2, -0.15) is 0 Å². The molecule has 1 aliphatic rings. The number of benzene rings is 1. The fourth-order valence-electron chi connectivity index (χ4n) is 2.69. The van der Waals surface area contributed by atoms with Crippen LogP contribution in [0.25, 0.3) is 0 Å². The van der Waals surface area contributed by atoms with E-state index in [-0.39, 0.29) is 11.9 Å². The number of likely N-dealkylation sites (tertiary alicyclic amines) is 1. The lowest BCUT2D eigenvalue weighted by Crippen LogP contribution is -2.45. The Balaban J connectivity index is 2.08. The SMILES string of the molecule is CCOc1cccc(C(=O)N2CCCC(C(C)N)C2)c1. The average molecular weight is 276 g/mol. The van der Waals surface area contributed by atoms with Gasteiger partial charge in [-0.1, -0.05) is 6.07 Å². The van der Waals surface area contributed by atoms with Crippen molar-refractivity contribution in [2.24, 2.45) is 11.7 Å². The van der Waals surface area contributed by atoms with E-state index < -0.39 is 0 Å². The fourth-order valence-corrected chi connectivity index (χ4v) is 2.69. The van der Waals surface area contributed by atoms with E-state index in [4.69, 9.17) is 10.5 Å². The van der Waals surface area contributed by atoms with E-state index in [1.165, 1.54) is 0 Å². The Labute approximate surface area is 120 Å². The number of hydrogen-bond acceptors (Lipinski definition) is 3. The molecular weight excluding hydrogens is 252 g/mol. The topological polar surface area (TPSA) is 55.6 Å². The zero-order valence-electron chi connectivity index (χ0n) is 12.3. The van der Waals surface area contributed by atoms with Gasteiger partial charge in [0.05, 0.1) is 6.61 Å². The van der Waals surface area contributed by atoms with Gasteiger partial charge in [0.15, 0.2) is 0 Å². The third-order valence-corrected chi connectivity index (χ3v) is 3.88. The Bertz CT molecular complexity index is 460. The highest BCUT2D eigenvalue weighted by Gasteiger charge is 2.26. The first-order valence-electron chi connectivity index (χ1n) is 7.39. The first-order valence-corrected chi connectivity index (χ1v) is 7.39. The number of carbonyl (C=O) groups excluding carboxylic acids is 1. The van der Waals surface area contributed by atoms with Crippen molar-refractivity contribution in [2.75, 3.05) is 19.7 Å². The summed E-state index contributed by atoms with van der Waals surface area (Å²) in [7, 11) is 0. The fraction of sp³-hybridized carbons (Fsp3) is 0.562.